The SMILES string of the molecule is Cc1cc2cccc(NC(=O)c3cc4ccccc4o3)c2[nH]1. The van der Waals surface area contributed by atoms with Gasteiger partial charge in [0.2, 0.25) is 0 Å². The topological polar surface area (TPSA) is 58.0 Å². The van der Waals surface area contributed by atoms with Crippen molar-refractivity contribution >= 4 is 33.5 Å². The number of hydrogen-bond acceptors (Lipinski definition) is 2. The fraction of sp³-hybridized carbons (Fsp3) is 0.0556. The zero-order valence-corrected chi connectivity index (χ0v) is 12.0. The van der Waals surface area contributed by atoms with E-state index in [1.165, 1.54) is 0 Å². The van der Waals surface area contributed by atoms with Crippen molar-refractivity contribution in [3.05, 3.63) is 66.1 Å². The van der Waals surface area contributed by atoms with Gasteiger partial charge in [-0.1, -0.05) is 30.3 Å². The predicted octanol–water partition coefficient (Wildman–Crippen LogP) is 4.47. The van der Waals surface area contributed by atoms with Crippen molar-refractivity contribution in [1.82, 2.24) is 4.98 Å². The average Bonchev–Trinajstić information content (AvgIpc) is 3.10. The fourth-order valence-electron chi connectivity index (χ4n) is 2.68. The van der Waals surface area contributed by atoms with Gasteiger partial charge in [-0.15, -0.1) is 0 Å². The van der Waals surface area contributed by atoms with Crippen molar-refractivity contribution in [3.8, 4) is 0 Å². The van der Waals surface area contributed by atoms with Gasteiger partial charge >= 0.3 is 0 Å². The van der Waals surface area contributed by atoms with Gasteiger partial charge in [-0.2, -0.15) is 0 Å². The predicted molar refractivity (Wildman–Crippen MR) is 87.2 cm³/mol. The standard InChI is InChI=1S/C18H14N2O2/c1-11-9-13-6-4-7-14(17(13)19-11)20-18(21)16-10-12-5-2-3-8-15(12)22-16/h2-10,19H,1H3,(H,20,21). The molecule has 4 rings (SSSR count). The number of H-pyrrole nitrogens is 1. The van der Waals surface area contributed by atoms with Gasteiger partial charge in [-0.05, 0) is 31.2 Å². The highest BCUT2D eigenvalue weighted by Crippen LogP contribution is 2.25. The van der Waals surface area contributed by atoms with E-state index in [0.29, 0.717) is 11.3 Å². The number of aromatic nitrogens is 1. The van der Waals surface area contributed by atoms with E-state index in [1.807, 2.05) is 55.5 Å². The molecule has 0 unspecified atom stereocenters. The number of amides is 1. The lowest BCUT2D eigenvalue weighted by Crippen LogP contribution is -2.11. The molecule has 0 aliphatic carbocycles. The second kappa shape index (κ2) is 4.77. The number of anilines is 1. The first-order valence-corrected chi connectivity index (χ1v) is 7.09. The van der Waals surface area contributed by atoms with E-state index < -0.39 is 0 Å². The zero-order chi connectivity index (χ0) is 15.1. The average molecular weight is 290 g/mol. The molecule has 0 radical (unpaired) electrons. The summed E-state index contributed by atoms with van der Waals surface area (Å²) in [4.78, 5) is 15.7. The first-order chi connectivity index (χ1) is 10.7. The molecule has 2 heterocycles. The second-order valence-corrected chi connectivity index (χ2v) is 5.32. The van der Waals surface area contributed by atoms with Crippen LogP contribution in [-0.2, 0) is 0 Å². The normalized spacial score (nSPS) is 11.1. The highest BCUT2D eigenvalue weighted by molar-refractivity contribution is 6.08. The molecular weight excluding hydrogens is 276 g/mol. The minimum absolute atomic E-state index is 0.254. The molecule has 0 bridgehead atoms. The molecule has 0 spiro atoms. The van der Waals surface area contributed by atoms with Gasteiger partial charge in [0.05, 0.1) is 11.2 Å². The van der Waals surface area contributed by atoms with E-state index >= 15 is 0 Å². The lowest BCUT2D eigenvalue weighted by atomic mass is 10.2. The number of para-hydroxylation sites is 2. The largest absolute Gasteiger partial charge is 0.451 e. The fourth-order valence-corrected chi connectivity index (χ4v) is 2.68. The number of carbonyl (C=O) groups excluding carboxylic acids is 1. The van der Waals surface area contributed by atoms with Crippen LogP contribution in [-0.4, -0.2) is 10.9 Å². The molecule has 0 aliphatic rings. The van der Waals surface area contributed by atoms with Crippen LogP contribution in [0.4, 0.5) is 5.69 Å². The molecule has 2 aromatic heterocycles. The Hall–Kier alpha value is -3.01. The van der Waals surface area contributed by atoms with Crippen molar-refractivity contribution in [2.75, 3.05) is 5.32 Å². The Kier molecular flexibility index (Phi) is 2.76. The van der Waals surface area contributed by atoms with Gasteiger partial charge < -0.3 is 14.7 Å². The minimum Gasteiger partial charge on any atom is -0.451 e. The maximum atomic E-state index is 12.4. The maximum Gasteiger partial charge on any atom is 0.291 e. The maximum absolute atomic E-state index is 12.4. The first kappa shape index (κ1) is 12.7. The van der Waals surface area contributed by atoms with Crippen molar-refractivity contribution < 1.29 is 9.21 Å². The zero-order valence-electron chi connectivity index (χ0n) is 12.0. The highest BCUT2D eigenvalue weighted by Gasteiger charge is 2.14. The summed E-state index contributed by atoms with van der Waals surface area (Å²) in [5.41, 5.74) is 3.43. The third-order valence-electron chi connectivity index (χ3n) is 3.69. The molecular formula is C18H14N2O2. The lowest BCUT2D eigenvalue weighted by molar-refractivity contribution is 0.0999. The van der Waals surface area contributed by atoms with Crippen LogP contribution < -0.4 is 5.32 Å². The first-order valence-electron chi connectivity index (χ1n) is 7.09. The van der Waals surface area contributed by atoms with E-state index in [-0.39, 0.29) is 5.91 Å². The van der Waals surface area contributed by atoms with Crippen molar-refractivity contribution in [2.24, 2.45) is 0 Å². The molecule has 22 heavy (non-hydrogen) atoms. The number of benzene rings is 2. The van der Waals surface area contributed by atoms with Crippen LogP contribution in [0.25, 0.3) is 21.9 Å². The Bertz CT molecular complexity index is 962. The smallest absolute Gasteiger partial charge is 0.291 e. The number of furan rings is 1. The summed E-state index contributed by atoms with van der Waals surface area (Å²) in [6, 6.07) is 17.2. The highest BCUT2D eigenvalue weighted by atomic mass is 16.3. The molecule has 2 N–H and O–H groups in total. The summed E-state index contributed by atoms with van der Waals surface area (Å²) in [5, 5.41) is 4.90. The number of aryl methyl sites for hydroxylation is 1. The summed E-state index contributed by atoms with van der Waals surface area (Å²) < 4.78 is 5.60. The molecule has 2 aromatic carbocycles. The van der Waals surface area contributed by atoms with E-state index in [2.05, 4.69) is 10.3 Å². The number of carbonyl (C=O) groups is 1. The van der Waals surface area contributed by atoms with Gasteiger partial charge in [0.15, 0.2) is 5.76 Å². The van der Waals surface area contributed by atoms with E-state index in [9.17, 15) is 4.79 Å². The van der Waals surface area contributed by atoms with E-state index in [0.717, 1.165) is 27.7 Å². The molecule has 0 aliphatic heterocycles. The molecule has 0 saturated heterocycles. The molecule has 108 valence electrons. The quantitative estimate of drug-likeness (QED) is 0.572. The molecule has 4 aromatic rings. The number of hydrogen-bond donors (Lipinski definition) is 2. The second-order valence-electron chi connectivity index (χ2n) is 5.32. The van der Waals surface area contributed by atoms with Gasteiger partial charge in [-0.3, -0.25) is 4.79 Å². The number of nitrogens with one attached hydrogen (secondary N) is 2. The summed E-state index contributed by atoms with van der Waals surface area (Å²) in [7, 11) is 0. The molecule has 1 amide bonds. The summed E-state index contributed by atoms with van der Waals surface area (Å²) in [6.07, 6.45) is 0. The van der Waals surface area contributed by atoms with Gasteiger partial charge in [0, 0.05) is 16.5 Å². The molecule has 4 nitrogen and oxygen atoms in total. The van der Waals surface area contributed by atoms with Crippen molar-refractivity contribution in [2.45, 2.75) is 6.92 Å². The third kappa shape index (κ3) is 2.05. The van der Waals surface area contributed by atoms with Crippen LogP contribution in [0.1, 0.15) is 16.2 Å². The Morgan fingerprint density at radius 3 is 2.73 bits per heavy atom. The van der Waals surface area contributed by atoms with Crippen LogP contribution in [0.15, 0.2) is 59.0 Å². The molecule has 0 saturated carbocycles. The molecule has 0 fully saturated rings. The van der Waals surface area contributed by atoms with Gasteiger partial charge in [0.25, 0.3) is 5.91 Å². The number of rotatable bonds is 2. The molecule has 0 atom stereocenters. The number of aromatic amines is 1. The Balaban J connectivity index is 1.71. The lowest BCUT2D eigenvalue weighted by Gasteiger charge is -2.04. The van der Waals surface area contributed by atoms with Crippen molar-refractivity contribution in [1.29, 1.82) is 0 Å². The Labute approximate surface area is 126 Å². The van der Waals surface area contributed by atoms with Crippen LogP contribution in [0.5, 0.6) is 0 Å². The van der Waals surface area contributed by atoms with Crippen LogP contribution in [0.2, 0.25) is 0 Å². The van der Waals surface area contributed by atoms with E-state index in [1.54, 1.807) is 6.07 Å². The van der Waals surface area contributed by atoms with Gasteiger partial charge in [-0.25, -0.2) is 0 Å². The minimum atomic E-state index is -0.254. The Morgan fingerprint density at radius 1 is 1.05 bits per heavy atom. The van der Waals surface area contributed by atoms with Gasteiger partial charge in [0.1, 0.15) is 5.58 Å². The van der Waals surface area contributed by atoms with E-state index in [4.69, 9.17) is 4.42 Å². The third-order valence-corrected chi connectivity index (χ3v) is 3.69. The number of fused-ring (bicyclic) bond motifs is 2. The monoisotopic (exact) mass is 290 g/mol. The van der Waals surface area contributed by atoms with Crippen LogP contribution in [0.3, 0.4) is 0 Å². The van der Waals surface area contributed by atoms with Crippen LogP contribution >= 0.6 is 0 Å². The van der Waals surface area contributed by atoms with Crippen molar-refractivity contribution in [3.63, 3.8) is 0 Å². The summed E-state index contributed by atoms with van der Waals surface area (Å²) in [6.45, 7) is 1.99. The molecule has 4 heteroatoms. The van der Waals surface area contributed by atoms with Crippen LogP contribution in [0, 0.1) is 6.92 Å². The Morgan fingerprint density at radius 2 is 1.86 bits per heavy atom. The summed E-state index contributed by atoms with van der Waals surface area (Å²) in [5.74, 6) is 0.0532. The summed E-state index contributed by atoms with van der Waals surface area (Å²) >= 11 is 0.